The molecule has 0 heterocycles. The Balaban J connectivity index is 1.99. The third-order valence-corrected chi connectivity index (χ3v) is 5.31. The van der Waals surface area contributed by atoms with Gasteiger partial charge in [-0.25, -0.2) is 0 Å². The molecule has 2 nitrogen and oxygen atoms in total. The minimum absolute atomic E-state index is 0.541. The first-order valence-corrected chi connectivity index (χ1v) is 9.02. The second-order valence-corrected chi connectivity index (χ2v) is 7.92. The van der Waals surface area contributed by atoms with E-state index in [1.54, 1.807) is 0 Å². The summed E-state index contributed by atoms with van der Waals surface area (Å²) in [6.45, 7) is 13.3. The molecule has 2 unspecified atom stereocenters. The van der Waals surface area contributed by atoms with Gasteiger partial charge < -0.3 is 10.2 Å². The molecule has 0 saturated heterocycles. The van der Waals surface area contributed by atoms with Gasteiger partial charge in [0, 0.05) is 25.2 Å². The van der Waals surface area contributed by atoms with Crippen LogP contribution in [0.25, 0.3) is 0 Å². The van der Waals surface area contributed by atoms with Crippen molar-refractivity contribution in [3.63, 3.8) is 0 Å². The van der Waals surface area contributed by atoms with Crippen LogP contribution in [0.5, 0.6) is 0 Å². The molecule has 2 aliphatic rings. The Morgan fingerprint density at radius 2 is 2.00 bits per heavy atom. The molecule has 0 aliphatic heterocycles. The summed E-state index contributed by atoms with van der Waals surface area (Å²) < 4.78 is 0. The molecular formula is C18H36N2. The highest BCUT2D eigenvalue weighted by atomic mass is 15.2. The summed E-state index contributed by atoms with van der Waals surface area (Å²) in [6.07, 6.45) is 9.85. The van der Waals surface area contributed by atoms with E-state index >= 15 is 0 Å². The third-order valence-electron chi connectivity index (χ3n) is 5.31. The van der Waals surface area contributed by atoms with Gasteiger partial charge in [-0.3, -0.25) is 0 Å². The molecule has 20 heavy (non-hydrogen) atoms. The fraction of sp³-hybridized carbons (Fsp3) is 1.00. The highest BCUT2D eigenvalue weighted by molar-refractivity contribution is 4.93. The van der Waals surface area contributed by atoms with Crippen LogP contribution in [0, 0.1) is 11.3 Å². The van der Waals surface area contributed by atoms with Crippen molar-refractivity contribution in [3.05, 3.63) is 0 Å². The Kier molecular flexibility index (Phi) is 5.92. The minimum atomic E-state index is 0.541. The number of nitrogens with one attached hydrogen (secondary N) is 1. The lowest BCUT2D eigenvalue weighted by molar-refractivity contribution is 0.0645. The SMILES string of the molecule is CCCN(CC1(CNC2CC2)CCCC(C)C1)C(C)C. The Morgan fingerprint density at radius 1 is 1.25 bits per heavy atom. The van der Waals surface area contributed by atoms with Crippen LogP contribution < -0.4 is 5.32 Å². The maximum atomic E-state index is 3.85. The third kappa shape index (κ3) is 4.73. The van der Waals surface area contributed by atoms with Crippen LogP contribution >= 0.6 is 0 Å². The average molecular weight is 280 g/mol. The topological polar surface area (TPSA) is 15.3 Å². The predicted octanol–water partition coefficient (Wildman–Crippen LogP) is 4.06. The quantitative estimate of drug-likeness (QED) is 0.721. The van der Waals surface area contributed by atoms with E-state index < -0.39 is 0 Å². The first kappa shape index (κ1) is 16.3. The van der Waals surface area contributed by atoms with Gasteiger partial charge in [0.05, 0.1) is 0 Å². The zero-order valence-corrected chi connectivity index (χ0v) is 14.3. The highest BCUT2D eigenvalue weighted by Gasteiger charge is 2.38. The predicted molar refractivity (Wildman–Crippen MR) is 88.1 cm³/mol. The van der Waals surface area contributed by atoms with E-state index in [0.717, 1.165) is 12.0 Å². The second kappa shape index (κ2) is 7.26. The van der Waals surface area contributed by atoms with Crippen molar-refractivity contribution in [2.75, 3.05) is 19.6 Å². The molecule has 118 valence electrons. The molecule has 2 atom stereocenters. The molecule has 0 bridgehead atoms. The van der Waals surface area contributed by atoms with Crippen molar-refractivity contribution in [2.45, 2.75) is 84.7 Å². The molecule has 2 fully saturated rings. The number of hydrogen-bond acceptors (Lipinski definition) is 2. The fourth-order valence-electron chi connectivity index (χ4n) is 4.02. The molecule has 0 aromatic rings. The lowest BCUT2D eigenvalue weighted by Gasteiger charge is -2.45. The lowest BCUT2D eigenvalue weighted by Crippen LogP contribution is -2.49. The summed E-state index contributed by atoms with van der Waals surface area (Å²) in [5.74, 6) is 0.917. The van der Waals surface area contributed by atoms with Gasteiger partial charge in [0.15, 0.2) is 0 Å². The average Bonchev–Trinajstić information content (AvgIpc) is 3.20. The van der Waals surface area contributed by atoms with E-state index in [9.17, 15) is 0 Å². The molecule has 2 heteroatoms. The molecule has 2 saturated carbocycles. The van der Waals surface area contributed by atoms with Crippen molar-refractivity contribution in [3.8, 4) is 0 Å². The molecule has 1 N–H and O–H groups in total. The maximum Gasteiger partial charge on any atom is 0.00684 e. The normalized spacial score (nSPS) is 31.2. The van der Waals surface area contributed by atoms with Gasteiger partial charge in [-0.2, -0.15) is 0 Å². The Bertz CT molecular complexity index is 285. The van der Waals surface area contributed by atoms with Crippen LogP contribution in [-0.4, -0.2) is 36.6 Å². The van der Waals surface area contributed by atoms with Gasteiger partial charge in [0.25, 0.3) is 0 Å². The number of nitrogens with zero attached hydrogens (tertiary/aromatic N) is 1. The minimum Gasteiger partial charge on any atom is -0.313 e. The molecule has 0 spiro atoms. The van der Waals surface area contributed by atoms with Crippen molar-refractivity contribution in [2.24, 2.45) is 11.3 Å². The maximum absolute atomic E-state index is 3.85. The van der Waals surface area contributed by atoms with E-state index in [2.05, 4.69) is 37.9 Å². The first-order valence-electron chi connectivity index (χ1n) is 9.02. The Labute approximate surface area is 126 Å². The smallest absolute Gasteiger partial charge is 0.00684 e. The van der Waals surface area contributed by atoms with Gasteiger partial charge in [-0.15, -0.1) is 0 Å². The molecule has 2 aliphatic carbocycles. The van der Waals surface area contributed by atoms with Crippen LogP contribution in [0.3, 0.4) is 0 Å². The standard InChI is InChI=1S/C18H36N2/c1-5-11-20(15(2)3)14-18(13-19-17-8-9-17)10-6-7-16(4)12-18/h15-17,19H,5-14H2,1-4H3. The largest absolute Gasteiger partial charge is 0.313 e. The van der Waals surface area contributed by atoms with E-state index in [1.165, 1.54) is 64.6 Å². The molecule has 0 aromatic carbocycles. The van der Waals surface area contributed by atoms with Gasteiger partial charge in [0.2, 0.25) is 0 Å². The molecule has 2 rings (SSSR count). The van der Waals surface area contributed by atoms with Gasteiger partial charge in [0.1, 0.15) is 0 Å². The van der Waals surface area contributed by atoms with Crippen molar-refractivity contribution in [1.29, 1.82) is 0 Å². The van der Waals surface area contributed by atoms with Crippen molar-refractivity contribution >= 4 is 0 Å². The van der Waals surface area contributed by atoms with E-state index in [-0.39, 0.29) is 0 Å². The first-order chi connectivity index (χ1) is 9.54. The zero-order chi connectivity index (χ0) is 14.6. The zero-order valence-electron chi connectivity index (χ0n) is 14.3. The highest BCUT2D eigenvalue weighted by Crippen LogP contribution is 2.40. The summed E-state index contributed by atoms with van der Waals surface area (Å²) in [6, 6.07) is 1.53. The van der Waals surface area contributed by atoms with Crippen LogP contribution in [0.4, 0.5) is 0 Å². The molecule has 0 amide bonds. The van der Waals surface area contributed by atoms with Crippen molar-refractivity contribution in [1.82, 2.24) is 10.2 Å². The molecule has 0 aromatic heterocycles. The van der Waals surface area contributed by atoms with E-state index in [1.807, 2.05) is 0 Å². The van der Waals surface area contributed by atoms with Crippen LogP contribution in [0.1, 0.15) is 72.6 Å². The van der Waals surface area contributed by atoms with Gasteiger partial charge in [-0.1, -0.05) is 26.7 Å². The van der Waals surface area contributed by atoms with Crippen LogP contribution in [0.2, 0.25) is 0 Å². The Hall–Kier alpha value is -0.0800. The van der Waals surface area contributed by atoms with Gasteiger partial charge >= 0.3 is 0 Å². The van der Waals surface area contributed by atoms with Gasteiger partial charge in [-0.05, 0) is 63.8 Å². The summed E-state index contributed by atoms with van der Waals surface area (Å²) in [7, 11) is 0. The van der Waals surface area contributed by atoms with Crippen molar-refractivity contribution < 1.29 is 0 Å². The summed E-state index contributed by atoms with van der Waals surface area (Å²) in [5.41, 5.74) is 0.541. The molecule has 0 radical (unpaired) electrons. The van der Waals surface area contributed by atoms with E-state index in [4.69, 9.17) is 0 Å². The van der Waals surface area contributed by atoms with Crippen LogP contribution in [0.15, 0.2) is 0 Å². The fourth-order valence-corrected chi connectivity index (χ4v) is 4.02. The number of rotatable bonds is 8. The summed E-state index contributed by atoms with van der Waals surface area (Å²) in [4.78, 5) is 2.73. The summed E-state index contributed by atoms with van der Waals surface area (Å²) >= 11 is 0. The molecular weight excluding hydrogens is 244 g/mol. The second-order valence-electron chi connectivity index (χ2n) is 7.92. The monoisotopic (exact) mass is 280 g/mol. The number of hydrogen-bond donors (Lipinski definition) is 1. The van der Waals surface area contributed by atoms with E-state index in [0.29, 0.717) is 11.5 Å². The summed E-state index contributed by atoms with van der Waals surface area (Å²) in [5, 5.41) is 3.85. The van der Waals surface area contributed by atoms with Crippen LogP contribution in [-0.2, 0) is 0 Å². The Morgan fingerprint density at radius 3 is 2.55 bits per heavy atom. The lowest BCUT2D eigenvalue weighted by atomic mass is 9.69.